The number of rotatable bonds is 7. The van der Waals surface area contributed by atoms with Crippen LogP contribution in [0.25, 0.3) is 92.9 Å². The van der Waals surface area contributed by atoms with Crippen molar-refractivity contribution in [2.45, 2.75) is 37.6 Å². The molecule has 5 heterocycles. The van der Waals surface area contributed by atoms with Crippen molar-refractivity contribution in [3.05, 3.63) is 230 Å². The summed E-state index contributed by atoms with van der Waals surface area (Å²) in [5.74, 6) is 0.547. The molecule has 3 nitrogen and oxygen atoms in total. The topological polar surface area (TPSA) is 12.7 Å². The van der Waals surface area contributed by atoms with E-state index in [9.17, 15) is 8.78 Å². The first-order valence-electron chi connectivity index (χ1n) is 23.7. The third kappa shape index (κ3) is 6.48. The van der Waals surface area contributed by atoms with Crippen molar-refractivity contribution in [3.63, 3.8) is 0 Å². The molecule has 3 aromatic heterocycles. The molecule has 0 saturated heterocycles. The SMILES string of the molecule is C=CC1C(C2c3ccc4c(sc5cc(-c6ccc(F)cc6)cc(-c6ccc(F)cc6)c54)c3-c3n(-c4cccc(-c5ccccc5)c4)c4ccccc4[n+]32)c2ccccc2-c2ccc([Si](C)(C)C)c[n+]21. The van der Waals surface area contributed by atoms with Gasteiger partial charge in [0.15, 0.2) is 23.3 Å². The molecule has 2 aliphatic rings. The highest BCUT2D eigenvalue weighted by Gasteiger charge is 2.53. The number of pyridine rings is 1. The Morgan fingerprint density at radius 1 is 0.609 bits per heavy atom. The van der Waals surface area contributed by atoms with E-state index in [4.69, 9.17) is 0 Å². The van der Waals surface area contributed by atoms with E-state index in [0.29, 0.717) is 0 Å². The number of nitrogens with zero attached hydrogens (tertiary/aromatic N) is 3. The van der Waals surface area contributed by atoms with E-state index in [0.717, 1.165) is 71.4 Å². The fraction of sp³-hybridized carbons (Fsp3) is 0.0968. The summed E-state index contributed by atoms with van der Waals surface area (Å²) in [6.45, 7) is 11.9. The summed E-state index contributed by atoms with van der Waals surface area (Å²) >= 11 is 1.81. The van der Waals surface area contributed by atoms with Crippen LogP contribution in [-0.2, 0) is 0 Å². The van der Waals surface area contributed by atoms with Crippen molar-refractivity contribution in [1.29, 1.82) is 0 Å². The van der Waals surface area contributed by atoms with Crippen molar-refractivity contribution in [2.75, 3.05) is 0 Å². The summed E-state index contributed by atoms with van der Waals surface area (Å²) in [5, 5.41) is 3.68. The van der Waals surface area contributed by atoms with E-state index < -0.39 is 8.07 Å². The Morgan fingerprint density at radius 3 is 2.07 bits per heavy atom. The van der Waals surface area contributed by atoms with Crippen molar-refractivity contribution >= 4 is 55.8 Å². The maximum absolute atomic E-state index is 14.6. The second-order valence-corrected chi connectivity index (χ2v) is 25.7. The van der Waals surface area contributed by atoms with Gasteiger partial charge in [-0.2, -0.15) is 9.13 Å². The average Bonchev–Trinajstić information content (AvgIpc) is 4.03. The Labute approximate surface area is 405 Å². The largest absolute Gasteiger partial charge is 0.297 e. The molecule has 0 amide bonds. The molecule has 13 rings (SSSR count). The van der Waals surface area contributed by atoms with Gasteiger partial charge in [-0.15, -0.1) is 11.3 Å². The number of hydrogen-bond donors (Lipinski definition) is 0. The quantitative estimate of drug-likeness (QED) is 0.0858. The number of hydrogen-bond acceptors (Lipinski definition) is 1. The molecule has 2 aliphatic heterocycles. The molecule has 7 heteroatoms. The van der Waals surface area contributed by atoms with E-state index in [-0.39, 0.29) is 29.6 Å². The maximum atomic E-state index is 14.6. The lowest BCUT2D eigenvalue weighted by Crippen LogP contribution is -2.55. The van der Waals surface area contributed by atoms with Crippen LogP contribution in [-0.4, -0.2) is 12.6 Å². The van der Waals surface area contributed by atoms with Crippen LogP contribution < -0.4 is 14.3 Å². The van der Waals surface area contributed by atoms with Crippen LogP contribution in [0.15, 0.2) is 207 Å². The first-order valence-corrected chi connectivity index (χ1v) is 28.0. The molecule has 332 valence electrons. The van der Waals surface area contributed by atoms with Crippen LogP contribution in [0.2, 0.25) is 19.6 Å². The van der Waals surface area contributed by atoms with Crippen LogP contribution >= 0.6 is 11.3 Å². The predicted octanol–water partition coefficient (Wildman–Crippen LogP) is 15.2. The summed E-state index contributed by atoms with van der Waals surface area (Å²) in [4.78, 5) is 0. The molecule has 0 aliphatic carbocycles. The number of para-hydroxylation sites is 2. The van der Waals surface area contributed by atoms with Crippen molar-refractivity contribution in [1.82, 2.24) is 4.57 Å². The Kier molecular flexibility index (Phi) is 9.49. The third-order valence-electron chi connectivity index (χ3n) is 14.7. The van der Waals surface area contributed by atoms with Crippen LogP contribution in [0.5, 0.6) is 0 Å². The van der Waals surface area contributed by atoms with Gasteiger partial charge in [0.1, 0.15) is 23.4 Å². The molecular weight excluding hydrogens is 885 g/mol. The highest BCUT2D eigenvalue weighted by molar-refractivity contribution is 7.26. The standard InChI is InChI=1S/C62H47F2N3SSi/c1-5-52-58(48-19-10-9-18-47(48)53-33-30-46(37-65(52)53)69(2,3)4)60-49-31-32-50-57-51(40-24-28-44(64)29-25-40)35-42(39-22-26-43(63)27-23-39)36-56(57)68-61(50)59(49)62-66(54-20-11-12-21-55(54)67(60)62)45-17-13-16-41(34-45)38-14-7-6-8-15-38/h5-37,52,58,60H,1H2,2-4H3/q+2. The summed E-state index contributed by atoms with van der Waals surface area (Å²) < 4.78 is 38.9. The first-order chi connectivity index (χ1) is 33.6. The van der Waals surface area contributed by atoms with E-state index in [1.54, 1.807) is 11.3 Å². The van der Waals surface area contributed by atoms with Crippen LogP contribution in [0.4, 0.5) is 8.78 Å². The number of imidazole rings is 1. The zero-order valence-electron chi connectivity index (χ0n) is 38.5. The minimum Gasteiger partial charge on any atom is -0.214 e. The van der Waals surface area contributed by atoms with Gasteiger partial charge in [0.2, 0.25) is 5.69 Å². The molecule has 0 fully saturated rings. The van der Waals surface area contributed by atoms with Gasteiger partial charge in [0.05, 0.1) is 29.8 Å². The van der Waals surface area contributed by atoms with Crippen LogP contribution in [0.3, 0.4) is 0 Å². The molecule has 0 bridgehead atoms. The zero-order valence-corrected chi connectivity index (χ0v) is 40.3. The first kappa shape index (κ1) is 41.6. The molecule has 3 atom stereocenters. The number of thiophene rings is 1. The fourth-order valence-electron chi connectivity index (χ4n) is 11.5. The third-order valence-corrected chi connectivity index (χ3v) is 17.9. The smallest absolute Gasteiger partial charge is 0.214 e. The minimum absolute atomic E-state index is 0.0281. The van der Waals surface area contributed by atoms with Crippen molar-refractivity contribution < 1.29 is 17.9 Å². The van der Waals surface area contributed by atoms with Gasteiger partial charge in [-0.25, -0.2) is 13.3 Å². The fourth-order valence-corrected chi connectivity index (χ4v) is 13.9. The molecule has 8 aromatic carbocycles. The summed E-state index contributed by atoms with van der Waals surface area (Å²) in [6, 6.07) is 64.7. The lowest BCUT2D eigenvalue weighted by molar-refractivity contribution is -0.729. The van der Waals surface area contributed by atoms with Gasteiger partial charge in [-0.1, -0.05) is 141 Å². The predicted molar refractivity (Wildman–Crippen MR) is 283 cm³/mol. The second-order valence-electron chi connectivity index (χ2n) is 19.6. The minimum atomic E-state index is -1.70. The Balaban J connectivity index is 1.15. The Hall–Kier alpha value is -7.58. The Morgan fingerprint density at radius 2 is 1.30 bits per heavy atom. The zero-order chi connectivity index (χ0) is 46.7. The van der Waals surface area contributed by atoms with E-state index in [1.807, 2.05) is 24.3 Å². The highest BCUT2D eigenvalue weighted by atomic mass is 32.1. The second kappa shape index (κ2) is 15.7. The van der Waals surface area contributed by atoms with E-state index >= 15 is 0 Å². The molecule has 3 unspecified atom stereocenters. The molecule has 69 heavy (non-hydrogen) atoms. The van der Waals surface area contributed by atoms with Gasteiger partial charge in [0, 0.05) is 32.3 Å². The Bertz CT molecular complexity index is 3880. The highest BCUT2D eigenvalue weighted by Crippen LogP contribution is 2.55. The number of halogens is 2. The van der Waals surface area contributed by atoms with Crippen LogP contribution in [0.1, 0.15) is 29.1 Å². The van der Waals surface area contributed by atoms with Gasteiger partial charge < -0.3 is 0 Å². The van der Waals surface area contributed by atoms with Crippen LogP contribution in [0, 0.1) is 11.6 Å². The van der Waals surface area contributed by atoms with E-state index in [2.05, 4.69) is 192 Å². The van der Waals surface area contributed by atoms with Gasteiger partial charge in [-0.3, -0.25) is 0 Å². The number of aromatic nitrogens is 3. The average molecular weight is 932 g/mol. The molecule has 0 N–H and O–H groups in total. The summed E-state index contributed by atoms with van der Waals surface area (Å²) in [6.07, 6.45) is 4.62. The molecule has 0 saturated carbocycles. The monoisotopic (exact) mass is 931 g/mol. The normalized spacial score (nSPS) is 16.1. The number of benzene rings is 8. The molecule has 0 spiro atoms. The summed E-state index contributed by atoms with van der Waals surface area (Å²) in [7, 11) is -1.70. The van der Waals surface area contributed by atoms with Crippen molar-refractivity contribution in [3.8, 4) is 61.7 Å². The lowest BCUT2D eigenvalue weighted by Gasteiger charge is -2.32. The molecular formula is C62H47F2N3SSi+2. The van der Waals surface area contributed by atoms with Gasteiger partial charge in [0.25, 0.3) is 5.82 Å². The lowest BCUT2D eigenvalue weighted by atomic mass is 9.76. The molecule has 0 radical (unpaired) electrons. The summed E-state index contributed by atoms with van der Waals surface area (Å²) in [5.41, 5.74) is 15.8. The molecule has 11 aromatic rings. The number of fused-ring (bicyclic) bond motifs is 12. The van der Waals surface area contributed by atoms with Gasteiger partial charge >= 0.3 is 0 Å². The maximum Gasteiger partial charge on any atom is 0.297 e. The van der Waals surface area contributed by atoms with Gasteiger partial charge in [-0.05, 0) is 112 Å². The van der Waals surface area contributed by atoms with E-state index in [1.165, 1.54) is 62.1 Å². The number of allylic oxidation sites excluding steroid dienone is 1. The van der Waals surface area contributed by atoms with Crippen molar-refractivity contribution in [2.24, 2.45) is 0 Å².